The summed E-state index contributed by atoms with van der Waals surface area (Å²) in [4.78, 5) is 0. The van der Waals surface area contributed by atoms with Crippen molar-refractivity contribution in [1.29, 1.82) is 0 Å². The number of aliphatic hydroxyl groups is 1. The zero-order valence-electron chi connectivity index (χ0n) is 7.69. The maximum absolute atomic E-state index is 8.45. The molecule has 0 spiro atoms. The second-order valence-corrected chi connectivity index (χ2v) is 2.57. The van der Waals surface area contributed by atoms with E-state index in [2.05, 4.69) is 31.1 Å². The minimum atomic E-state index is -0.0844. The Hall–Kier alpha value is -0.960. The van der Waals surface area contributed by atoms with E-state index in [-0.39, 0.29) is 6.61 Å². The fraction of sp³-hybridized carbons (Fsp3) is 0.545. The molecule has 0 aromatic carbocycles. The lowest BCUT2D eigenvalue weighted by molar-refractivity contribution is 0.350. The van der Waals surface area contributed by atoms with Crippen LogP contribution in [0.15, 0.2) is 17.9 Å². The largest absolute Gasteiger partial charge is 0.384 e. The van der Waals surface area contributed by atoms with Gasteiger partial charge in [0, 0.05) is 5.57 Å². The minimum absolute atomic E-state index is 0.0844. The van der Waals surface area contributed by atoms with Gasteiger partial charge in [0.25, 0.3) is 0 Å². The molecule has 66 valence electrons. The van der Waals surface area contributed by atoms with Gasteiger partial charge < -0.3 is 5.11 Å². The van der Waals surface area contributed by atoms with Gasteiger partial charge in [0.05, 0.1) is 0 Å². The summed E-state index contributed by atoms with van der Waals surface area (Å²) in [5.74, 6) is 5.41. The van der Waals surface area contributed by atoms with Crippen molar-refractivity contribution in [2.24, 2.45) is 0 Å². The Kier molecular flexibility index (Phi) is 7.49. The van der Waals surface area contributed by atoms with Crippen molar-refractivity contribution in [3.05, 3.63) is 17.9 Å². The highest BCUT2D eigenvalue weighted by Gasteiger charge is 1.90. The minimum Gasteiger partial charge on any atom is -0.384 e. The predicted molar refractivity (Wildman–Crippen MR) is 51.7 cm³/mol. The smallest absolute Gasteiger partial charge is 0.104 e. The summed E-state index contributed by atoms with van der Waals surface area (Å²) in [6.45, 7) is 5.63. The zero-order chi connectivity index (χ0) is 9.23. The summed E-state index contributed by atoms with van der Waals surface area (Å²) >= 11 is 0. The molecule has 0 aromatic rings. The van der Waals surface area contributed by atoms with Gasteiger partial charge in [-0.1, -0.05) is 38.2 Å². The van der Waals surface area contributed by atoms with E-state index in [9.17, 15) is 0 Å². The molecule has 1 N–H and O–H groups in total. The maximum Gasteiger partial charge on any atom is 0.104 e. The second-order valence-electron chi connectivity index (χ2n) is 2.57. The van der Waals surface area contributed by atoms with Crippen LogP contribution in [0.1, 0.15) is 32.6 Å². The van der Waals surface area contributed by atoms with Crippen LogP contribution in [0, 0.1) is 11.8 Å². The van der Waals surface area contributed by atoms with Crippen molar-refractivity contribution >= 4 is 0 Å². The SMILES string of the molecule is C=C=C(C#CCO)CCCCC. The molecule has 0 fully saturated rings. The standard InChI is InChI=1S/C11H16O/c1-3-5-6-8-11(4-2)9-7-10-12/h12H,2-3,5-6,8,10H2,1H3. The summed E-state index contributed by atoms with van der Waals surface area (Å²) in [5, 5.41) is 8.45. The van der Waals surface area contributed by atoms with Crippen LogP contribution in [0.5, 0.6) is 0 Å². The Morgan fingerprint density at radius 3 is 2.67 bits per heavy atom. The van der Waals surface area contributed by atoms with E-state index < -0.39 is 0 Å². The zero-order valence-corrected chi connectivity index (χ0v) is 7.69. The van der Waals surface area contributed by atoms with Crippen LogP contribution in [-0.2, 0) is 0 Å². The van der Waals surface area contributed by atoms with Crippen LogP contribution >= 0.6 is 0 Å². The first-order valence-corrected chi connectivity index (χ1v) is 4.33. The van der Waals surface area contributed by atoms with Crippen molar-refractivity contribution in [1.82, 2.24) is 0 Å². The molecule has 0 radical (unpaired) electrons. The molecular formula is C11H16O. The van der Waals surface area contributed by atoms with Gasteiger partial charge >= 0.3 is 0 Å². The molecule has 0 atom stereocenters. The van der Waals surface area contributed by atoms with Crippen molar-refractivity contribution in [3.8, 4) is 11.8 Å². The van der Waals surface area contributed by atoms with Gasteiger partial charge in [-0.3, -0.25) is 0 Å². The number of rotatable bonds is 4. The van der Waals surface area contributed by atoms with E-state index in [1.165, 1.54) is 12.8 Å². The van der Waals surface area contributed by atoms with Gasteiger partial charge in [-0.05, 0) is 12.8 Å². The third-order valence-corrected chi connectivity index (χ3v) is 1.56. The normalized spacial score (nSPS) is 8.17. The van der Waals surface area contributed by atoms with Crippen LogP contribution in [0.4, 0.5) is 0 Å². The number of hydrogen-bond donors (Lipinski definition) is 1. The Morgan fingerprint density at radius 2 is 2.17 bits per heavy atom. The molecule has 0 bridgehead atoms. The highest BCUT2D eigenvalue weighted by Crippen LogP contribution is 2.05. The summed E-state index contributed by atoms with van der Waals surface area (Å²) in [6, 6.07) is 0. The van der Waals surface area contributed by atoms with E-state index in [0.717, 1.165) is 18.4 Å². The first-order valence-electron chi connectivity index (χ1n) is 4.33. The first-order chi connectivity index (χ1) is 5.85. The number of aliphatic hydroxyl groups excluding tert-OH is 1. The Labute approximate surface area is 74.8 Å². The van der Waals surface area contributed by atoms with Gasteiger partial charge in [0.2, 0.25) is 0 Å². The van der Waals surface area contributed by atoms with Gasteiger partial charge in [0.15, 0.2) is 0 Å². The molecule has 0 unspecified atom stereocenters. The molecule has 0 aromatic heterocycles. The van der Waals surface area contributed by atoms with Crippen LogP contribution in [-0.4, -0.2) is 11.7 Å². The van der Waals surface area contributed by atoms with Crippen molar-refractivity contribution < 1.29 is 5.11 Å². The Balaban J connectivity index is 3.78. The van der Waals surface area contributed by atoms with E-state index >= 15 is 0 Å². The van der Waals surface area contributed by atoms with Crippen LogP contribution in [0.25, 0.3) is 0 Å². The maximum atomic E-state index is 8.45. The third kappa shape index (κ3) is 5.80. The number of unbranched alkanes of at least 4 members (excludes halogenated alkanes) is 2. The summed E-state index contributed by atoms with van der Waals surface area (Å²) in [6.07, 6.45) is 4.49. The Morgan fingerprint density at radius 1 is 1.42 bits per heavy atom. The van der Waals surface area contributed by atoms with Crippen molar-refractivity contribution in [2.75, 3.05) is 6.61 Å². The monoisotopic (exact) mass is 164 g/mol. The molecular weight excluding hydrogens is 148 g/mol. The first kappa shape index (κ1) is 11.0. The molecule has 1 heteroatoms. The molecule has 0 saturated carbocycles. The molecule has 0 aliphatic heterocycles. The average Bonchev–Trinajstić information content (AvgIpc) is 2.11. The van der Waals surface area contributed by atoms with E-state index in [4.69, 9.17) is 5.11 Å². The lowest BCUT2D eigenvalue weighted by atomic mass is 10.1. The molecule has 0 aliphatic rings. The van der Waals surface area contributed by atoms with E-state index in [0.29, 0.717) is 0 Å². The van der Waals surface area contributed by atoms with E-state index in [1.54, 1.807) is 0 Å². The summed E-state index contributed by atoms with van der Waals surface area (Å²) < 4.78 is 0. The summed E-state index contributed by atoms with van der Waals surface area (Å²) in [5.41, 5.74) is 3.69. The topological polar surface area (TPSA) is 20.2 Å². The van der Waals surface area contributed by atoms with Crippen molar-refractivity contribution in [3.63, 3.8) is 0 Å². The van der Waals surface area contributed by atoms with Crippen LogP contribution in [0.3, 0.4) is 0 Å². The molecule has 0 rings (SSSR count). The lowest BCUT2D eigenvalue weighted by Crippen LogP contribution is -1.80. The number of allylic oxidation sites excluding steroid dienone is 1. The van der Waals surface area contributed by atoms with Gasteiger partial charge in [-0.25, -0.2) is 0 Å². The highest BCUT2D eigenvalue weighted by molar-refractivity contribution is 5.27. The second kappa shape index (κ2) is 8.14. The van der Waals surface area contributed by atoms with Gasteiger partial charge in [0.1, 0.15) is 6.61 Å². The molecule has 12 heavy (non-hydrogen) atoms. The third-order valence-electron chi connectivity index (χ3n) is 1.56. The van der Waals surface area contributed by atoms with E-state index in [1.807, 2.05) is 0 Å². The average molecular weight is 164 g/mol. The fourth-order valence-electron chi connectivity index (χ4n) is 0.893. The highest BCUT2D eigenvalue weighted by atomic mass is 16.2. The van der Waals surface area contributed by atoms with Crippen LogP contribution in [0.2, 0.25) is 0 Å². The molecule has 1 nitrogen and oxygen atoms in total. The molecule has 0 amide bonds. The molecule has 0 heterocycles. The fourth-order valence-corrected chi connectivity index (χ4v) is 0.893. The lowest BCUT2D eigenvalue weighted by Gasteiger charge is -1.94. The predicted octanol–water partition coefficient (Wildman–Crippen LogP) is 2.27. The van der Waals surface area contributed by atoms with Crippen molar-refractivity contribution in [2.45, 2.75) is 32.6 Å². The Bertz CT molecular complexity index is 211. The molecule has 0 saturated heterocycles. The number of hydrogen-bond acceptors (Lipinski definition) is 1. The molecule has 0 aliphatic carbocycles. The summed E-state index contributed by atoms with van der Waals surface area (Å²) in [7, 11) is 0. The van der Waals surface area contributed by atoms with Gasteiger partial charge in [-0.2, -0.15) is 0 Å². The van der Waals surface area contributed by atoms with Gasteiger partial charge in [-0.15, -0.1) is 5.73 Å². The quantitative estimate of drug-likeness (QED) is 0.384. The van der Waals surface area contributed by atoms with Crippen LogP contribution < -0.4 is 0 Å².